The van der Waals surface area contributed by atoms with Crippen LogP contribution in [0.5, 0.6) is 0 Å². The van der Waals surface area contributed by atoms with E-state index in [0.29, 0.717) is 5.56 Å². The van der Waals surface area contributed by atoms with Crippen LogP contribution in [-0.2, 0) is 6.54 Å². The number of aliphatic hydroxyl groups is 1. The molecule has 1 heterocycles. The number of hydrogen-bond acceptors (Lipinski definition) is 4. The molecule has 4 heteroatoms. The number of aliphatic hydroxyl groups excluding tert-OH is 1. The van der Waals surface area contributed by atoms with E-state index in [0.717, 1.165) is 44.8 Å². The number of carbonyl (C=O) groups excluding carboxylic acids is 1. The highest BCUT2D eigenvalue weighted by atomic mass is 16.3. The minimum Gasteiger partial charge on any atom is -0.395 e. The summed E-state index contributed by atoms with van der Waals surface area (Å²) in [5.41, 5.74) is 3.03. The Morgan fingerprint density at radius 1 is 0.923 bits per heavy atom. The van der Waals surface area contributed by atoms with Crippen LogP contribution in [0.3, 0.4) is 0 Å². The summed E-state index contributed by atoms with van der Waals surface area (Å²) in [5, 5.41) is 9.01. The number of carbonyl (C=O) groups is 1. The molecule has 136 valence electrons. The molecule has 0 unspecified atom stereocenters. The average molecular weight is 350 g/mol. The van der Waals surface area contributed by atoms with Gasteiger partial charge in [0.25, 0.3) is 0 Å². The smallest absolute Gasteiger partial charge is 0.185 e. The Morgan fingerprint density at radius 3 is 2.23 bits per heavy atom. The second-order valence-electron chi connectivity index (χ2n) is 6.65. The molecule has 2 aromatic carbocycles. The lowest BCUT2D eigenvalue weighted by Crippen LogP contribution is -2.46. The molecule has 0 saturated carbocycles. The van der Waals surface area contributed by atoms with Gasteiger partial charge in [0.2, 0.25) is 0 Å². The normalized spacial score (nSPS) is 16.2. The molecule has 0 amide bonds. The van der Waals surface area contributed by atoms with E-state index in [1.54, 1.807) is 6.08 Å². The maximum absolute atomic E-state index is 12.1. The van der Waals surface area contributed by atoms with Crippen LogP contribution in [0.25, 0.3) is 6.08 Å². The van der Waals surface area contributed by atoms with Crippen LogP contribution in [0.2, 0.25) is 0 Å². The molecule has 2 aromatic rings. The molecule has 0 radical (unpaired) electrons. The predicted molar refractivity (Wildman–Crippen MR) is 105 cm³/mol. The summed E-state index contributed by atoms with van der Waals surface area (Å²) in [4.78, 5) is 16.8. The van der Waals surface area contributed by atoms with E-state index in [-0.39, 0.29) is 12.4 Å². The standard InChI is InChI=1S/C22H26N2O2/c25-17-16-23-12-14-24(15-13-23)18-20-8-6-19(7-9-20)10-11-22(26)21-4-2-1-3-5-21/h1-11,25H,12-18H2/b11-10+. The molecule has 1 saturated heterocycles. The van der Waals surface area contributed by atoms with E-state index >= 15 is 0 Å². The van der Waals surface area contributed by atoms with E-state index in [4.69, 9.17) is 5.11 Å². The van der Waals surface area contributed by atoms with Crippen LogP contribution in [0.1, 0.15) is 21.5 Å². The van der Waals surface area contributed by atoms with Crippen molar-refractivity contribution >= 4 is 11.9 Å². The van der Waals surface area contributed by atoms with Gasteiger partial charge in [-0.25, -0.2) is 0 Å². The number of nitrogens with zero attached hydrogens (tertiary/aromatic N) is 2. The molecule has 4 nitrogen and oxygen atoms in total. The van der Waals surface area contributed by atoms with Crippen molar-refractivity contribution in [1.29, 1.82) is 0 Å². The fourth-order valence-corrected chi connectivity index (χ4v) is 3.18. The summed E-state index contributed by atoms with van der Waals surface area (Å²) in [7, 11) is 0. The van der Waals surface area contributed by atoms with Gasteiger partial charge in [0.1, 0.15) is 0 Å². The van der Waals surface area contributed by atoms with Gasteiger partial charge in [-0.2, -0.15) is 0 Å². The molecule has 1 fully saturated rings. The maximum Gasteiger partial charge on any atom is 0.185 e. The lowest BCUT2D eigenvalue weighted by molar-refractivity contribution is 0.104. The van der Waals surface area contributed by atoms with Gasteiger partial charge in [-0.1, -0.05) is 60.7 Å². The van der Waals surface area contributed by atoms with Gasteiger partial charge in [-0.3, -0.25) is 14.6 Å². The molecule has 1 aliphatic rings. The summed E-state index contributed by atoms with van der Waals surface area (Å²) >= 11 is 0. The van der Waals surface area contributed by atoms with E-state index in [1.807, 2.05) is 36.4 Å². The van der Waals surface area contributed by atoms with Crippen molar-refractivity contribution in [3.05, 3.63) is 77.4 Å². The molecule has 0 aliphatic carbocycles. The van der Waals surface area contributed by atoms with E-state index < -0.39 is 0 Å². The monoisotopic (exact) mass is 350 g/mol. The quantitative estimate of drug-likeness (QED) is 0.616. The Labute approximate surface area is 155 Å². The van der Waals surface area contributed by atoms with Gasteiger partial charge in [0, 0.05) is 44.8 Å². The SMILES string of the molecule is O=C(/C=C/c1ccc(CN2CCN(CCO)CC2)cc1)c1ccccc1. The summed E-state index contributed by atoms with van der Waals surface area (Å²) in [6.07, 6.45) is 3.50. The molecule has 0 bridgehead atoms. The van der Waals surface area contributed by atoms with Gasteiger partial charge in [0.05, 0.1) is 6.61 Å². The molecular formula is C22H26N2O2. The highest BCUT2D eigenvalue weighted by Crippen LogP contribution is 2.12. The first-order valence-electron chi connectivity index (χ1n) is 9.16. The third-order valence-electron chi connectivity index (χ3n) is 4.75. The number of rotatable bonds is 7. The average Bonchev–Trinajstić information content (AvgIpc) is 2.69. The van der Waals surface area contributed by atoms with Gasteiger partial charge in [-0.15, -0.1) is 0 Å². The van der Waals surface area contributed by atoms with E-state index in [1.165, 1.54) is 5.56 Å². The Hall–Kier alpha value is -2.27. The van der Waals surface area contributed by atoms with Crippen LogP contribution in [0, 0.1) is 0 Å². The first-order chi connectivity index (χ1) is 12.7. The van der Waals surface area contributed by atoms with Crippen LogP contribution in [0.4, 0.5) is 0 Å². The minimum absolute atomic E-state index is 0.0235. The van der Waals surface area contributed by atoms with Crippen molar-refractivity contribution in [3.8, 4) is 0 Å². The van der Waals surface area contributed by atoms with Crippen LogP contribution in [0.15, 0.2) is 60.7 Å². The molecule has 0 atom stereocenters. The van der Waals surface area contributed by atoms with Crippen molar-refractivity contribution in [2.24, 2.45) is 0 Å². The van der Waals surface area contributed by atoms with Crippen LogP contribution >= 0.6 is 0 Å². The first-order valence-corrected chi connectivity index (χ1v) is 9.16. The second-order valence-corrected chi connectivity index (χ2v) is 6.65. The van der Waals surface area contributed by atoms with Gasteiger partial charge >= 0.3 is 0 Å². The zero-order chi connectivity index (χ0) is 18.2. The van der Waals surface area contributed by atoms with Crippen molar-refractivity contribution in [3.63, 3.8) is 0 Å². The summed E-state index contributed by atoms with van der Waals surface area (Å²) in [6, 6.07) is 17.7. The summed E-state index contributed by atoms with van der Waals surface area (Å²) < 4.78 is 0. The molecule has 3 rings (SSSR count). The Bertz CT molecular complexity index is 718. The lowest BCUT2D eigenvalue weighted by Gasteiger charge is -2.34. The third kappa shape index (κ3) is 5.36. The minimum atomic E-state index is 0.0235. The van der Waals surface area contributed by atoms with Gasteiger partial charge in [-0.05, 0) is 17.2 Å². The fourth-order valence-electron chi connectivity index (χ4n) is 3.18. The Balaban J connectivity index is 1.51. The Kier molecular flexibility index (Phi) is 6.72. The van der Waals surface area contributed by atoms with Crippen molar-refractivity contribution in [1.82, 2.24) is 9.80 Å². The van der Waals surface area contributed by atoms with E-state index in [9.17, 15) is 4.79 Å². The lowest BCUT2D eigenvalue weighted by atomic mass is 10.1. The van der Waals surface area contributed by atoms with Crippen LogP contribution in [-0.4, -0.2) is 60.0 Å². The third-order valence-corrected chi connectivity index (χ3v) is 4.75. The number of piperazine rings is 1. The molecule has 0 aromatic heterocycles. The van der Waals surface area contributed by atoms with Crippen molar-refractivity contribution < 1.29 is 9.90 Å². The van der Waals surface area contributed by atoms with Gasteiger partial charge in [0.15, 0.2) is 5.78 Å². The number of benzene rings is 2. The fraction of sp³-hybridized carbons (Fsp3) is 0.318. The number of β-amino-alcohol motifs (C(OH)–C–C–N with tert-alkyl or cyclic N) is 1. The second kappa shape index (κ2) is 9.43. The highest BCUT2D eigenvalue weighted by molar-refractivity contribution is 6.06. The molecular weight excluding hydrogens is 324 g/mol. The molecule has 1 aliphatic heterocycles. The maximum atomic E-state index is 12.1. The zero-order valence-electron chi connectivity index (χ0n) is 15.1. The summed E-state index contributed by atoms with van der Waals surface area (Å²) in [5.74, 6) is 0.0235. The Morgan fingerprint density at radius 2 is 1.58 bits per heavy atom. The number of hydrogen-bond donors (Lipinski definition) is 1. The summed E-state index contributed by atoms with van der Waals surface area (Å²) in [6.45, 7) is 6.06. The zero-order valence-corrected chi connectivity index (χ0v) is 15.1. The topological polar surface area (TPSA) is 43.8 Å². The van der Waals surface area contributed by atoms with Gasteiger partial charge < -0.3 is 5.11 Å². The highest BCUT2D eigenvalue weighted by Gasteiger charge is 2.16. The number of ketones is 1. The molecule has 1 N–H and O–H groups in total. The largest absolute Gasteiger partial charge is 0.395 e. The van der Waals surface area contributed by atoms with E-state index in [2.05, 4.69) is 34.1 Å². The predicted octanol–water partition coefficient (Wildman–Crippen LogP) is 2.69. The van der Waals surface area contributed by atoms with Crippen molar-refractivity contribution in [2.75, 3.05) is 39.3 Å². The van der Waals surface area contributed by atoms with Crippen LogP contribution < -0.4 is 0 Å². The molecule has 0 spiro atoms. The van der Waals surface area contributed by atoms with Crippen molar-refractivity contribution in [2.45, 2.75) is 6.54 Å². The number of allylic oxidation sites excluding steroid dienone is 1. The first kappa shape index (κ1) is 18.5. The molecule has 26 heavy (non-hydrogen) atoms.